The van der Waals surface area contributed by atoms with E-state index in [9.17, 15) is 8.42 Å². The van der Waals surface area contributed by atoms with Crippen molar-refractivity contribution in [3.05, 3.63) is 71.6 Å². The van der Waals surface area contributed by atoms with Gasteiger partial charge in [-0.25, -0.2) is 18.1 Å². The first-order chi connectivity index (χ1) is 14.4. The Bertz CT molecular complexity index is 1100. The number of guanidine groups is 1. The van der Waals surface area contributed by atoms with E-state index in [0.29, 0.717) is 24.9 Å². The van der Waals surface area contributed by atoms with Crippen molar-refractivity contribution < 1.29 is 12.8 Å². The van der Waals surface area contributed by atoms with E-state index in [1.807, 2.05) is 31.2 Å². The van der Waals surface area contributed by atoms with E-state index in [2.05, 4.69) is 25.3 Å². The van der Waals surface area contributed by atoms with Gasteiger partial charge in [-0.15, -0.1) is 0 Å². The Hall–Kier alpha value is -3.17. The van der Waals surface area contributed by atoms with Crippen LogP contribution in [0.25, 0.3) is 11.5 Å². The quantitative estimate of drug-likeness (QED) is 0.395. The Morgan fingerprint density at radius 3 is 2.33 bits per heavy atom. The van der Waals surface area contributed by atoms with E-state index in [4.69, 9.17) is 4.42 Å². The number of sulfonamides is 1. The van der Waals surface area contributed by atoms with Crippen molar-refractivity contribution in [3.8, 4) is 11.5 Å². The fourth-order valence-corrected chi connectivity index (χ4v) is 3.43. The van der Waals surface area contributed by atoms with Gasteiger partial charge in [-0.3, -0.25) is 4.99 Å². The first-order valence-corrected chi connectivity index (χ1v) is 10.9. The molecule has 0 atom stereocenters. The molecule has 8 nitrogen and oxygen atoms in total. The molecule has 0 radical (unpaired) electrons. The molecule has 1 heterocycles. The highest BCUT2D eigenvalue weighted by Gasteiger charge is 2.11. The van der Waals surface area contributed by atoms with E-state index < -0.39 is 10.0 Å². The monoisotopic (exact) mass is 427 g/mol. The predicted octanol–water partition coefficient (Wildman–Crippen LogP) is 2.42. The maximum Gasteiger partial charge on any atom is 0.240 e. The summed E-state index contributed by atoms with van der Waals surface area (Å²) in [6.07, 6.45) is 1.62. The van der Waals surface area contributed by atoms with Gasteiger partial charge in [0, 0.05) is 19.2 Å². The zero-order valence-electron chi connectivity index (χ0n) is 17.1. The molecule has 0 aliphatic heterocycles. The third-order valence-electron chi connectivity index (χ3n) is 4.47. The van der Waals surface area contributed by atoms with E-state index in [-0.39, 0.29) is 4.90 Å². The number of nitrogens with zero attached hydrogens (tertiary/aromatic N) is 2. The van der Waals surface area contributed by atoms with Crippen LogP contribution in [0, 0.1) is 6.92 Å². The van der Waals surface area contributed by atoms with Crippen LogP contribution in [0.3, 0.4) is 0 Å². The second-order valence-corrected chi connectivity index (χ2v) is 8.53. The molecule has 0 aliphatic rings. The lowest BCUT2D eigenvalue weighted by atomic mass is 10.1. The summed E-state index contributed by atoms with van der Waals surface area (Å²) in [6.45, 7) is 2.98. The number of aromatic nitrogens is 1. The number of hydrogen-bond donors (Lipinski definition) is 3. The molecule has 0 spiro atoms. The van der Waals surface area contributed by atoms with Crippen LogP contribution in [-0.4, -0.2) is 33.5 Å². The van der Waals surface area contributed by atoms with E-state index in [1.165, 1.54) is 12.6 Å². The van der Waals surface area contributed by atoms with Gasteiger partial charge in [0.2, 0.25) is 15.9 Å². The molecule has 3 N–H and O–H groups in total. The lowest BCUT2D eigenvalue weighted by Gasteiger charge is -2.11. The Morgan fingerprint density at radius 1 is 1.03 bits per heavy atom. The summed E-state index contributed by atoms with van der Waals surface area (Å²) in [4.78, 5) is 8.92. The Labute approximate surface area is 176 Å². The standard InChI is InChI=1S/C21H25N5O3S/c1-15-4-8-17(9-5-15)20-26-18(14-29-20)13-25-21(22-2)24-12-16-6-10-19(11-7-16)30(27,28)23-3/h4-11,14,23H,12-13H2,1-3H3,(H2,22,24,25). The molecule has 0 saturated heterocycles. The van der Waals surface area contributed by atoms with Crippen molar-refractivity contribution >= 4 is 16.0 Å². The van der Waals surface area contributed by atoms with Gasteiger partial charge in [-0.05, 0) is 43.8 Å². The molecule has 0 unspecified atom stereocenters. The molecule has 3 rings (SSSR count). The third-order valence-corrected chi connectivity index (χ3v) is 5.90. The fraction of sp³-hybridized carbons (Fsp3) is 0.238. The predicted molar refractivity (Wildman–Crippen MR) is 116 cm³/mol. The highest BCUT2D eigenvalue weighted by Crippen LogP contribution is 2.19. The molecular weight excluding hydrogens is 402 g/mol. The zero-order chi connectivity index (χ0) is 21.6. The average molecular weight is 428 g/mol. The number of oxazole rings is 1. The minimum Gasteiger partial charge on any atom is -0.444 e. The van der Waals surface area contributed by atoms with Crippen LogP contribution in [0.4, 0.5) is 0 Å². The van der Waals surface area contributed by atoms with Gasteiger partial charge in [-0.2, -0.15) is 0 Å². The van der Waals surface area contributed by atoms with Gasteiger partial charge in [0.05, 0.1) is 17.1 Å². The third kappa shape index (κ3) is 5.46. The van der Waals surface area contributed by atoms with Crippen molar-refractivity contribution in [2.24, 2.45) is 4.99 Å². The molecule has 30 heavy (non-hydrogen) atoms. The molecule has 0 aliphatic carbocycles. The fourth-order valence-electron chi connectivity index (χ4n) is 2.70. The van der Waals surface area contributed by atoms with Crippen molar-refractivity contribution in [3.63, 3.8) is 0 Å². The van der Waals surface area contributed by atoms with Gasteiger partial charge in [-0.1, -0.05) is 29.8 Å². The van der Waals surface area contributed by atoms with E-state index >= 15 is 0 Å². The van der Waals surface area contributed by atoms with Crippen LogP contribution in [0.15, 0.2) is 69.1 Å². The van der Waals surface area contributed by atoms with Crippen LogP contribution in [0.1, 0.15) is 16.8 Å². The SMILES string of the molecule is CN=C(NCc1ccc(S(=O)(=O)NC)cc1)NCc1coc(-c2ccc(C)cc2)n1. The molecule has 1 aromatic heterocycles. The van der Waals surface area contributed by atoms with Crippen molar-refractivity contribution in [2.75, 3.05) is 14.1 Å². The normalized spacial score (nSPS) is 12.0. The van der Waals surface area contributed by atoms with Crippen molar-refractivity contribution in [2.45, 2.75) is 24.9 Å². The molecule has 0 bridgehead atoms. The molecule has 0 saturated carbocycles. The number of aryl methyl sites for hydroxylation is 1. The lowest BCUT2D eigenvalue weighted by Crippen LogP contribution is -2.36. The van der Waals surface area contributed by atoms with Crippen LogP contribution < -0.4 is 15.4 Å². The highest BCUT2D eigenvalue weighted by atomic mass is 32.2. The molecule has 158 valence electrons. The van der Waals surface area contributed by atoms with Gasteiger partial charge >= 0.3 is 0 Å². The van der Waals surface area contributed by atoms with Gasteiger partial charge in [0.25, 0.3) is 0 Å². The second kappa shape index (κ2) is 9.55. The summed E-state index contributed by atoms with van der Waals surface area (Å²) in [5, 5.41) is 6.37. The molecule has 0 amide bonds. The Morgan fingerprint density at radius 2 is 1.70 bits per heavy atom. The first-order valence-electron chi connectivity index (χ1n) is 9.40. The summed E-state index contributed by atoms with van der Waals surface area (Å²) >= 11 is 0. The van der Waals surface area contributed by atoms with E-state index in [1.54, 1.807) is 37.6 Å². The van der Waals surface area contributed by atoms with Gasteiger partial charge in [0.15, 0.2) is 5.96 Å². The topological polar surface area (TPSA) is 109 Å². The van der Waals surface area contributed by atoms with Crippen LogP contribution in [0.5, 0.6) is 0 Å². The second-order valence-electron chi connectivity index (χ2n) is 6.64. The Kier molecular flexibility index (Phi) is 6.86. The van der Waals surface area contributed by atoms with Crippen LogP contribution in [-0.2, 0) is 23.1 Å². The van der Waals surface area contributed by atoms with Gasteiger partial charge < -0.3 is 15.1 Å². The number of aliphatic imine (C=N–C) groups is 1. The number of benzene rings is 2. The van der Waals surface area contributed by atoms with Crippen LogP contribution in [0.2, 0.25) is 0 Å². The number of rotatable bonds is 7. The summed E-state index contributed by atoms with van der Waals surface area (Å²) in [5.41, 5.74) is 3.80. The minimum atomic E-state index is -3.43. The van der Waals surface area contributed by atoms with Crippen molar-refractivity contribution in [1.29, 1.82) is 0 Å². The summed E-state index contributed by atoms with van der Waals surface area (Å²) in [6, 6.07) is 14.7. The maximum atomic E-state index is 11.8. The van der Waals surface area contributed by atoms with Crippen LogP contribution >= 0.6 is 0 Å². The smallest absolute Gasteiger partial charge is 0.240 e. The zero-order valence-corrected chi connectivity index (χ0v) is 18.0. The molecule has 3 aromatic rings. The lowest BCUT2D eigenvalue weighted by molar-refractivity contribution is 0.572. The van der Waals surface area contributed by atoms with Gasteiger partial charge in [0.1, 0.15) is 6.26 Å². The number of nitrogens with one attached hydrogen (secondary N) is 3. The highest BCUT2D eigenvalue weighted by molar-refractivity contribution is 7.89. The molecule has 9 heteroatoms. The Balaban J connectivity index is 1.53. The number of hydrogen-bond acceptors (Lipinski definition) is 5. The first kappa shape index (κ1) is 21.5. The molecule has 0 fully saturated rings. The summed E-state index contributed by atoms with van der Waals surface area (Å²) < 4.78 is 31.4. The average Bonchev–Trinajstić information content (AvgIpc) is 3.23. The molecular formula is C21H25N5O3S. The maximum absolute atomic E-state index is 11.8. The largest absolute Gasteiger partial charge is 0.444 e. The summed E-state index contributed by atoms with van der Waals surface area (Å²) in [7, 11) is -0.366. The van der Waals surface area contributed by atoms with Crippen molar-refractivity contribution in [1.82, 2.24) is 20.3 Å². The molecule has 2 aromatic carbocycles. The summed E-state index contributed by atoms with van der Waals surface area (Å²) in [5.74, 6) is 1.17. The minimum absolute atomic E-state index is 0.228. The van der Waals surface area contributed by atoms with E-state index in [0.717, 1.165) is 16.8 Å².